The number of rotatable bonds is 5. The molecule has 0 amide bonds. The maximum absolute atomic E-state index is 13.0. The highest BCUT2D eigenvalue weighted by Crippen LogP contribution is 2.28. The van der Waals surface area contributed by atoms with E-state index in [-0.39, 0.29) is 29.8 Å². The molecule has 148 valence electrons. The number of benzene rings is 1. The van der Waals surface area contributed by atoms with E-state index in [1.54, 1.807) is 18.4 Å². The molecule has 0 atom stereocenters. The number of oxazole rings is 1. The molecular weight excluding hydrogens is 458 g/mol. The Balaban J connectivity index is 0.00000261. The summed E-state index contributed by atoms with van der Waals surface area (Å²) in [6, 6.07) is 6.15. The third kappa shape index (κ3) is 5.92. The molecule has 1 aromatic heterocycles. The zero-order valence-corrected chi connectivity index (χ0v) is 18.5. The fourth-order valence-corrected chi connectivity index (χ4v) is 3.14. The van der Waals surface area contributed by atoms with Crippen LogP contribution in [0.3, 0.4) is 0 Å². The lowest BCUT2D eigenvalue weighted by Gasteiger charge is -2.23. The van der Waals surface area contributed by atoms with Gasteiger partial charge in [-0.15, -0.1) is 24.0 Å². The summed E-state index contributed by atoms with van der Waals surface area (Å²) in [6.45, 7) is 10.2. The standard InChI is InChI=1S/C20H27FN4O.HI/c1-4-22-19(25-12-10-20(2,3)14-25)23-11-9-17-13-26-18(24-17)15-5-7-16(21)8-6-15;/h5-8,13H,4,9-12,14H2,1-3H3,(H,22,23);1H. The van der Waals surface area contributed by atoms with Gasteiger partial charge in [0.1, 0.15) is 12.1 Å². The van der Waals surface area contributed by atoms with Gasteiger partial charge < -0.3 is 14.6 Å². The highest BCUT2D eigenvalue weighted by Gasteiger charge is 2.30. The number of likely N-dealkylation sites (tertiary alicyclic amines) is 1. The van der Waals surface area contributed by atoms with E-state index in [1.165, 1.54) is 18.6 Å². The molecule has 1 aliphatic rings. The number of halogens is 2. The van der Waals surface area contributed by atoms with Crippen LogP contribution < -0.4 is 5.32 Å². The minimum Gasteiger partial charge on any atom is -0.444 e. The first-order chi connectivity index (χ1) is 12.5. The van der Waals surface area contributed by atoms with E-state index in [9.17, 15) is 4.39 Å². The first-order valence-corrected chi connectivity index (χ1v) is 9.20. The molecule has 2 aromatic rings. The predicted octanol–water partition coefficient (Wildman–Crippen LogP) is 4.34. The van der Waals surface area contributed by atoms with Gasteiger partial charge >= 0.3 is 0 Å². The molecule has 1 aliphatic heterocycles. The van der Waals surface area contributed by atoms with E-state index in [0.717, 1.165) is 36.9 Å². The van der Waals surface area contributed by atoms with Gasteiger partial charge in [-0.2, -0.15) is 0 Å². The van der Waals surface area contributed by atoms with Crippen molar-refractivity contribution in [1.29, 1.82) is 0 Å². The van der Waals surface area contributed by atoms with Crippen LogP contribution in [-0.2, 0) is 6.42 Å². The lowest BCUT2D eigenvalue weighted by molar-refractivity contribution is 0.370. The zero-order valence-electron chi connectivity index (χ0n) is 16.2. The van der Waals surface area contributed by atoms with Crippen LogP contribution in [0.1, 0.15) is 32.9 Å². The normalized spacial score (nSPS) is 16.3. The Bertz CT molecular complexity index is 758. The van der Waals surface area contributed by atoms with Crippen molar-refractivity contribution >= 4 is 29.9 Å². The average molecular weight is 486 g/mol. The van der Waals surface area contributed by atoms with Crippen LogP contribution >= 0.6 is 24.0 Å². The van der Waals surface area contributed by atoms with Crippen molar-refractivity contribution in [3.05, 3.63) is 42.0 Å². The number of nitrogens with one attached hydrogen (secondary N) is 1. The topological polar surface area (TPSA) is 53.7 Å². The summed E-state index contributed by atoms with van der Waals surface area (Å²) in [4.78, 5) is 11.6. The van der Waals surface area contributed by atoms with Gasteiger partial charge in [-0.25, -0.2) is 9.37 Å². The number of guanidine groups is 1. The number of nitrogens with zero attached hydrogens (tertiary/aromatic N) is 3. The van der Waals surface area contributed by atoms with Crippen molar-refractivity contribution in [3.63, 3.8) is 0 Å². The maximum atomic E-state index is 13.0. The molecule has 0 saturated carbocycles. The summed E-state index contributed by atoms with van der Waals surface area (Å²) in [5, 5.41) is 3.38. The summed E-state index contributed by atoms with van der Waals surface area (Å²) in [6.07, 6.45) is 3.54. The summed E-state index contributed by atoms with van der Waals surface area (Å²) in [5.74, 6) is 1.22. The van der Waals surface area contributed by atoms with E-state index in [1.807, 2.05) is 0 Å². The fourth-order valence-electron chi connectivity index (χ4n) is 3.14. The number of hydrogen-bond donors (Lipinski definition) is 1. The molecule has 27 heavy (non-hydrogen) atoms. The first kappa shape index (κ1) is 21.7. The van der Waals surface area contributed by atoms with Gasteiger partial charge in [-0.3, -0.25) is 4.99 Å². The molecule has 1 aromatic carbocycles. The van der Waals surface area contributed by atoms with Crippen LogP contribution in [0.4, 0.5) is 4.39 Å². The lowest BCUT2D eigenvalue weighted by Crippen LogP contribution is -2.40. The Labute approximate surface area is 177 Å². The Kier molecular flexibility index (Phi) is 7.64. The molecule has 0 spiro atoms. The van der Waals surface area contributed by atoms with Crippen molar-refractivity contribution in [3.8, 4) is 11.5 Å². The third-order valence-corrected chi connectivity index (χ3v) is 4.58. The van der Waals surface area contributed by atoms with E-state index < -0.39 is 0 Å². The maximum Gasteiger partial charge on any atom is 0.226 e. The molecule has 2 heterocycles. The van der Waals surface area contributed by atoms with Crippen molar-refractivity contribution in [2.45, 2.75) is 33.6 Å². The Morgan fingerprint density at radius 2 is 2.07 bits per heavy atom. The molecule has 1 fully saturated rings. The Morgan fingerprint density at radius 3 is 2.70 bits per heavy atom. The predicted molar refractivity (Wildman–Crippen MR) is 117 cm³/mol. The number of hydrogen-bond acceptors (Lipinski definition) is 3. The van der Waals surface area contributed by atoms with Crippen molar-refractivity contribution in [2.24, 2.45) is 10.4 Å². The van der Waals surface area contributed by atoms with E-state index >= 15 is 0 Å². The minimum atomic E-state index is -0.268. The molecule has 0 aliphatic carbocycles. The first-order valence-electron chi connectivity index (χ1n) is 9.20. The SMILES string of the molecule is CCNC(=NCCc1coc(-c2ccc(F)cc2)n1)N1CCC(C)(C)C1.I. The fraction of sp³-hybridized carbons (Fsp3) is 0.500. The van der Waals surface area contributed by atoms with E-state index in [2.05, 4.69) is 36.0 Å². The van der Waals surface area contributed by atoms with Crippen LogP contribution in [-0.4, -0.2) is 42.0 Å². The second-order valence-electron chi connectivity index (χ2n) is 7.47. The van der Waals surface area contributed by atoms with Gasteiger partial charge in [0.2, 0.25) is 5.89 Å². The Hall–Kier alpha value is -1.64. The largest absolute Gasteiger partial charge is 0.444 e. The van der Waals surface area contributed by atoms with Gasteiger partial charge in [0.15, 0.2) is 5.96 Å². The summed E-state index contributed by atoms with van der Waals surface area (Å²) in [5.41, 5.74) is 1.96. The number of aliphatic imine (C=N–C) groups is 1. The molecule has 1 saturated heterocycles. The van der Waals surface area contributed by atoms with E-state index in [4.69, 9.17) is 9.41 Å². The van der Waals surface area contributed by atoms with Crippen molar-refractivity contribution < 1.29 is 8.81 Å². The minimum absolute atomic E-state index is 0. The zero-order chi connectivity index (χ0) is 18.6. The highest BCUT2D eigenvalue weighted by atomic mass is 127. The molecular formula is C20H28FIN4O. The number of aromatic nitrogens is 1. The average Bonchev–Trinajstić information content (AvgIpc) is 3.21. The van der Waals surface area contributed by atoms with Crippen LogP contribution in [0.25, 0.3) is 11.5 Å². The van der Waals surface area contributed by atoms with E-state index in [0.29, 0.717) is 24.3 Å². The Morgan fingerprint density at radius 1 is 1.33 bits per heavy atom. The van der Waals surface area contributed by atoms with Gasteiger partial charge in [-0.05, 0) is 43.0 Å². The molecule has 5 nitrogen and oxygen atoms in total. The van der Waals surface area contributed by atoms with Crippen LogP contribution in [0.5, 0.6) is 0 Å². The molecule has 1 N–H and O–H groups in total. The van der Waals surface area contributed by atoms with Crippen LogP contribution in [0.15, 0.2) is 39.9 Å². The van der Waals surface area contributed by atoms with Gasteiger partial charge in [0, 0.05) is 38.2 Å². The monoisotopic (exact) mass is 486 g/mol. The van der Waals surface area contributed by atoms with Gasteiger partial charge in [-0.1, -0.05) is 13.8 Å². The van der Waals surface area contributed by atoms with Crippen molar-refractivity contribution in [1.82, 2.24) is 15.2 Å². The lowest BCUT2D eigenvalue weighted by atomic mass is 9.93. The molecule has 3 rings (SSSR count). The van der Waals surface area contributed by atoms with Gasteiger partial charge in [0.05, 0.1) is 5.69 Å². The molecule has 0 bridgehead atoms. The van der Waals surface area contributed by atoms with Gasteiger partial charge in [0.25, 0.3) is 0 Å². The summed E-state index contributed by atoms with van der Waals surface area (Å²) in [7, 11) is 0. The smallest absolute Gasteiger partial charge is 0.226 e. The quantitative estimate of drug-likeness (QED) is 0.388. The second-order valence-corrected chi connectivity index (χ2v) is 7.47. The molecule has 0 radical (unpaired) electrons. The summed E-state index contributed by atoms with van der Waals surface area (Å²) < 4.78 is 18.5. The molecule has 0 unspecified atom stereocenters. The summed E-state index contributed by atoms with van der Waals surface area (Å²) >= 11 is 0. The van der Waals surface area contributed by atoms with Crippen molar-refractivity contribution in [2.75, 3.05) is 26.2 Å². The second kappa shape index (κ2) is 9.52. The highest BCUT2D eigenvalue weighted by molar-refractivity contribution is 14.0. The third-order valence-electron chi connectivity index (χ3n) is 4.58. The van der Waals surface area contributed by atoms with Crippen LogP contribution in [0.2, 0.25) is 0 Å². The molecule has 7 heteroatoms. The van der Waals surface area contributed by atoms with Crippen LogP contribution in [0, 0.1) is 11.2 Å².